The van der Waals surface area contributed by atoms with E-state index in [1.807, 2.05) is 0 Å². The van der Waals surface area contributed by atoms with Crippen LogP contribution in [0.4, 0.5) is 8.78 Å². The van der Waals surface area contributed by atoms with E-state index in [4.69, 9.17) is 0 Å². The van der Waals surface area contributed by atoms with Gasteiger partial charge in [-0.05, 0) is 35.0 Å². The number of halogens is 3. The van der Waals surface area contributed by atoms with Crippen molar-refractivity contribution in [3.63, 3.8) is 0 Å². The minimum Gasteiger partial charge on any atom is -0.294 e. The summed E-state index contributed by atoms with van der Waals surface area (Å²) < 4.78 is 25.8. The van der Waals surface area contributed by atoms with Crippen molar-refractivity contribution in [2.24, 2.45) is 0 Å². The molecular formula is C12H9BrF2O. The molecule has 84 valence electrons. The van der Waals surface area contributed by atoms with Crippen LogP contribution in [-0.4, -0.2) is 5.78 Å². The molecule has 0 spiro atoms. The fraction of sp³-hybridized carbons (Fsp3) is 0.250. The molecule has 1 aromatic rings. The second-order valence-corrected chi connectivity index (χ2v) is 3.87. The average molecular weight is 287 g/mol. The number of Topliss-reactive ketones (excluding diaryl/α,β-unsaturated/α-hetero) is 1. The number of benzene rings is 1. The summed E-state index contributed by atoms with van der Waals surface area (Å²) in [5.41, 5.74) is 0.150. The minimum atomic E-state index is -1.03. The number of ketones is 1. The van der Waals surface area contributed by atoms with Gasteiger partial charge in [0.05, 0.1) is 4.47 Å². The molecule has 16 heavy (non-hydrogen) atoms. The van der Waals surface area contributed by atoms with Crippen LogP contribution in [0.3, 0.4) is 0 Å². The third kappa shape index (κ3) is 2.89. The van der Waals surface area contributed by atoms with E-state index in [9.17, 15) is 13.6 Å². The molecule has 0 aliphatic carbocycles. The van der Waals surface area contributed by atoms with E-state index in [1.165, 1.54) is 6.07 Å². The Morgan fingerprint density at radius 1 is 1.44 bits per heavy atom. The summed E-state index contributed by atoms with van der Waals surface area (Å²) in [7, 11) is 0. The van der Waals surface area contributed by atoms with E-state index in [0.717, 1.165) is 6.07 Å². The normalized spacial score (nSPS) is 9.50. The maximum absolute atomic E-state index is 13.1. The van der Waals surface area contributed by atoms with Gasteiger partial charge in [-0.25, -0.2) is 8.78 Å². The van der Waals surface area contributed by atoms with Crippen molar-refractivity contribution >= 4 is 21.7 Å². The Hall–Kier alpha value is -1.21. The Morgan fingerprint density at radius 2 is 2.12 bits per heavy atom. The van der Waals surface area contributed by atoms with Crippen LogP contribution < -0.4 is 0 Å². The van der Waals surface area contributed by atoms with Crippen LogP contribution in [0.15, 0.2) is 16.6 Å². The van der Waals surface area contributed by atoms with Gasteiger partial charge in [-0.15, -0.1) is 11.8 Å². The number of carbonyl (C=O) groups is 1. The molecule has 1 nitrogen and oxygen atoms in total. The van der Waals surface area contributed by atoms with Gasteiger partial charge in [0.15, 0.2) is 17.4 Å². The van der Waals surface area contributed by atoms with Crippen LogP contribution >= 0.6 is 15.9 Å². The quantitative estimate of drug-likeness (QED) is 0.470. The minimum absolute atomic E-state index is 0.123. The van der Waals surface area contributed by atoms with E-state index in [1.54, 1.807) is 6.92 Å². The summed E-state index contributed by atoms with van der Waals surface area (Å²) in [6.45, 7) is 1.68. The summed E-state index contributed by atoms with van der Waals surface area (Å²) in [6.07, 6.45) is 0.616. The van der Waals surface area contributed by atoms with Crippen molar-refractivity contribution in [3.8, 4) is 11.8 Å². The number of hydrogen-bond donors (Lipinski definition) is 0. The van der Waals surface area contributed by atoms with Gasteiger partial charge < -0.3 is 0 Å². The summed E-state index contributed by atoms with van der Waals surface area (Å²) >= 11 is 2.87. The Morgan fingerprint density at radius 3 is 2.75 bits per heavy atom. The van der Waals surface area contributed by atoms with Crippen LogP contribution in [0.5, 0.6) is 0 Å². The van der Waals surface area contributed by atoms with Gasteiger partial charge in [-0.1, -0.05) is 0 Å². The molecule has 1 aromatic carbocycles. The maximum Gasteiger partial charge on any atom is 0.173 e. The molecule has 0 unspecified atom stereocenters. The predicted octanol–water partition coefficient (Wildman–Crippen LogP) is 3.71. The molecule has 0 N–H and O–H groups in total. The fourth-order valence-electron chi connectivity index (χ4n) is 1.18. The van der Waals surface area contributed by atoms with Crippen molar-refractivity contribution in [1.82, 2.24) is 0 Å². The molecule has 0 heterocycles. The first kappa shape index (κ1) is 12.9. The molecular weight excluding hydrogens is 278 g/mol. The third-order valence-corrected chi connectivity index (χ3v) is 2.76. The van der Waals surface area contributed by atoms with Crippen molar-refractivity contribution < 1.29 is 13.6 Å². The highest BCUT2D eigenvalue weighted by Gasteiger charge is 2.15. The van der Waals surface area contributed by atoms with E-state index in [0.29, 0.717) is 6.42 Å². The maximum atomic E-state index is 13.1. The molecule has 0 amide bonds. The zero-order chi connectivity index (χ0) is 12.1. The molecule has 0 aliphatic rings. The summed E-state index contributed by atoms with van der Waals surface area (Å²) in [5.74, 6) is 3.14. The van der Waals surface area contributed by atoms with E-state index >= 15 is 0 Å². The zero-order valence-corrected chi connectivity index (χ0v) is 10.2. The first-order chi connectivity index (χ1) is 7.57. The van der Waals surface area contributed by atoms with Crippen molar-refractivity contribution in [2.45, 2.75) is 19.8 Å². The molecule has 0 fully saturated rings. The van der Waals surface area contributed by atoms with Gasteiger partial charge in [0, 0.05) is 18.4 Å². The lowest BCUT2D eigenvalue weighted by Gasteiger charge is -2.03. The fourth-order valence-corrected chi connectivity index (χ4v) is 1.72. The SMILES string of the molecule is CC#CCCC(=O)c1ccc(F)c(F)c1Br. The molecule has 0 atom stereocenters. The first-order valence-corrected chi connectivity index (χ1v) is 5.43. The Balaban J connectivity index is 2.91. The lowest BCUT2D eigenvalue weighted by molar-refractivity contribution is 0.0983. The summed E-state index contributed by atoms with van der Waals surface area (Å²) in [5, 5.41) is 0. The van der Waals surface area contributed by atoms with Gasteiger partial charge >= 0.3 is 0 Å². The van der Waals surface area contributed by atoms with Crippen LogP contribution in [-0.2, 0) is 0 Å². The average Bonchev–Trinajstić information content (AvgIpc) is 2.26. The number of hydrogen-bond acceptors (Lipinski definition) is 1. The molecule has 0 saturated heterocycles. The van der Waals surface area contributed by atoms with Crippen LogP contribution in [0.25, 0.3) is 0 Å². The molecule has 0 aromatic heterocycles. The van der Waals surface area contributed by atoms with Gasteiger partial charge in [0.25, 0.3) is 0 Å². The highest BCUT2D eigenvalue weighted by molar-refractivity contribution is 9.10. The Kier molecular flexibility index (Phi) is 4.63. The van der Waals surface area contributed by atoms with E-state index in [-0.39, 0.29) is 22.2 Å². The summed E-state index contributed by atoms with van der Waals surface area (Å²) in [6, 6.07) is 2.21. The smallest absolute Gasteiger partial charge is 0.173 e. The molecule has 1 rings (SSSR count). The summed E-state index contributed by atoms with van der Waals surface area (Å²) in [4.78, 5) is 11.6. The molecule has 0 radical (unpaired) electrons. The Bertz CT molecular complexity index is 472. The van der Waals surface area contributed by atoms with Crippen molar-refractivity contribution in [3.05, 3.63) is 33.8 Å². The number of rotatable bonds is 3. The van der Waals surface area contributed by atoms with Gasteiger partial charge in [0.1, 0.15) is 0 Å². The van der Waals surface area contributed by atoms with Gasteiger partial charge in [-0.3, -0.25) is 4.79 Å². The second-order valence-electron chi connectivity index (χ2n) is 3.07. The van der Waals surface area contributed by atoms with E-state index < -0.39 is 11.6 Å². The Labute approximate surface area is 101 Å². The van der Waals surface area contributed by atoms with Crippen LogP contribution in [0, 0.1) is 23.5 Å². The van der Waals surface area contributed by atoms with Crippen molar-refractivity contribution in [2.75, 3.05) is 0 Å². The predicted molar refractivity (Wildman–Crippen MR) is 61.1 cm³/mol. The largest absolute Gasteiger partial charge is 0.294 e. The van der Waals surface area contributed by atoms with Gasteiger partial charge in [0.2, 0.25) is 0 Å². The number of carbonyl (C=O) groups excluding carboxylic acids is 1. The monoisotopic (exact) mass is 286 g/mol. The lowest BCUT2D eigenvalue weighted by Crippen LogP contribution is -2.02. The van der Waals surface area contributed by atoms with Gasteiger partial charge in [-0.2, -0.15) is 0 Å². The van der Waals surface area contributed by atoms with Crippen LogP contribution in [0.2, 0.25) is 0 Å². The molecule has 0 bridgehead atoms. The van der Waals surface area contributed by atoms with Crippen LogP contribution in [0.1, 0.15) is 30.1 Å². The highest BCUT2D eigenvalue weighted by atomic mass is 79.9. The van der Waals surface area contributed by atoms with E-state index in [2.05, 4.69) is 27.8 Å². The standard InChI is InChI=1S/C12H9BrF2O/c1-2-3-4-5-10(16)8-6-7-9(14)12(15)11(8)13/h6-7H,4-5H2,1H3. The lowest BCUT2D eigenvalue weighted by atomic mass is 10.1. The third-order valence-electron chi connectivity index (χ3n) is 1.99. The highest BCUT2D eigenvalue weighted by Crippen LogP contribution is 2.24. The second kappa shape index (κ2) is 5.76. The molecule has 4 heteroatoms. The van der Waals surface area contributed by atoms with Crippen molar-refractivity contribution in [1.29, 1.82) is 0 Å². The molecule has 0 aliphatic heterocycles. The molecule has 0 saturated carbocycles. The topological polar surface area (TPSA) is 17.1 Å². The zero-order valence-electron chi connectivity index (χ0n) is 8.61. The first-order valence-electron chi connectivity index (χ1n) is 4.64.